The Bertz CT molecular complexity index is 1090. The van der Waals surface area contributed by atoms with Gasteiger partial charge in [-0.2, -0.15) is 0 Å². The second-order valence-electron chi connectivity index (χ2n) is 7.48. The van der Waals surface area contributed by atoms with E-state index in [2.05, 4.69) is 0 Å². The van der Waals surface area contributed by atoms with Crippen molar-refractivity contribution in [3.05, 3.63) is 57.9 Å². The van der Waals surface area contributed by atoms with Gasteiger partial charge in [-0.1, -0.05) is 29.8 Å². The predicted molar refractivity (Wildman–Crippen MR) is 113 cm³/mol. The van der Waals surface area contributed by atoms with E-state index < -0.39 is 28.9 Å². The van der Waals surface area contributed by atoms with Crippen LogP contribution in [0.2, 0.25) is 5.02 Å². The third-order valence-electron chi connectivity index (χ3n) is 5.57. The topological polar surface area (TPSA) is 87.2 Å². The zero-order valence-electron chi connectivity index (χ0n) is 16.6. The predicted octanol–water partition coefficient (Wildman–Crippen LogP) is 4.13. The number of piperidine rings is 1. The number of carbonyl (C=O) groups is 2. The molecular weight excluding hydrogens is 447 g/mol. The fraction of sp³-hybridized carbons (Fsp3) is 0.333. The first kappa shape index (κ1) is 21.7. The van der Waals surface area contributed by atoms with E-state index >= 15 is 0 Å². The summed E-state index contributed by atoms with van der Waals surface area (Å²) in [6.07, 6.45) is 0.613. The van der Waals surface area contributed by atoms with Crippen molar-refractivity contribution in [1.29, 1.82) is 0 Å². The number of carboxylic acid groups (broad SMARTS) is 1. The first-order chi connectivity index (χ1) is 14.8. The van der Waals surface area contributed by atoms with Gasteiger partial charge < -0.3 is 9.84 Å². The molecule has 1 amide bonds. The number of carboxylic acids is 1. The molecule has 1 atom stereocenters. The van der Waals surface area contributed by atoms with Crippen LogP contribution in [0.5, 0.6) is 0 Å². The molecule has 0 bridgehead atoms. The molecule has 0 saturated carbocycles. The first-order valence-electron chi connectivity index (χ1n) is 9.71. The van der Waals surface area contributed by atoms with Gasteiger partial charge in [0, 0.05) is 24.7 Å². The number of cyclic esters (lactones) is 1. The number of anilines is 1. The highest BCUT2D eigenvalue weighted by atomic mass is 35.5. The molecule has 2 aromatic rings. The molecule has 10 heteroatoms. The smallest absolute Gasteiger partial charge is 0.414 e. The molecular formula is C21H20ClFN2O5S. The first-order valence-corrected chi connectivity index (χ1v) is 11.2. The van der Waals surface area contributed by atoms with Gasteiger partial charge in [-0.05, 0) is 37.5 Å². The van der Waals surface area contributed by atoms with Gasteiger partial charge in [-0.25, -0.2) is 22.5 Å². The summed E-state index contributed by atoms with van der Waals surface area (Å²) in [7, 11) is -1.89. The molecule has 0 radical (unpaired) electrons. The van der Waals surface area contributed by atoms with Crippen molar-refractivity contribution in [1.82, 2.24) is 4.31 Å². The quantitative estimate of drug-likeness (QED) is 0.732. The van der Waals surface area contributed by atoms with Crippen molar-refractivity contribution in [2.45, 2.75) is 37.3 Å². The molecule has 7 nitrogen and oxygen atoms in total. The van der Waals surface area contributed by atoms with Gasteiger partial charge in [-0.15, -0.1) is 0 Å². The molecule has 0 spiro atoms. The molecule has 164 valence electrons. The molecule has 4 rings (SSSR count). The van der Waals surface area contributed by atoms with Gasteiger partial charge in [0.15, 0.2) is 0 Å². The van der Waals surface area contributed by atoms with Crippen LogP contribution < -0.4 is 4.90 Å². The Hall–Kier alpha value is -2.49. The summed E-state index contributed by atoms with van der Waals surface area (Å²) in [6, 6.07) is 7.53. The number of hydrogen-bond donors (Lipinski definition) is 1. The molecule has 1 fully saturated rings. The largest absolute Gasteiger partial charge is 0.478 e. The van der Waals surface area contributed by atoms with Gasteiger partial charge in [0.25, 0.3) is 0 Å². The molecule has 1 N–H and O–H groups in total. The number of benzene rings is 2. The van der Waals surface area contributed by atoms with Crippen LogP contribution in [0.3, 0.4) is 0 Å². The summed E-state index contributed by atoms with van der Waals surface area (Å²) in [5, 5.41) is 8.96. The Labute approximate surface area is 185 Å². The van der Waals surface area contributed by atoms with E-state index in [4.69, 9.17) is 16.3 Å². The molecule has 2 aliphatic heterocycles. The zero-order chi connectivity index (χ0) is 22.3. The normalized spacial score (nSPS) is 18.4. The van der Waals surface area contributed by atoms with E-state index in [1.165, 1.54) is 0 Å². The highest BCUT2D eigenvalue weighted by Crippen LogP contribution is 2.35. The molecule has 31 heavy (non-hydrogen) atoms. The number of ether oxygens (including phenoxy) is 1. The molecule has 0 aromatic heterocycles. The lowest BCUT2D eigenvalue weighted by molar-refractivity contribution is 0.0696. The Morgan fingerprint density at radius 3 is 2.68 bits per heavy atom. The van der Waals surface area contributed by atoms with Crippen LogP contribution in [-0.4, -0.2) is 44.8 Å². The number of hydrogen-bond acceptors (Lipinski definition) is 4. The SMILES string of the molecule is Cc1cccc2c1N(C1CCN(S(=O)c3cc(C(=O)O)c(Cl)cc3F)CC1)C(=O)OC2. The van der Waals surface area contributed by atoms with Gasteiger partial charge in [0.2, 0.25) is 0 Å². The molecule has 2 aliphatic rings. The van der Waals surface area contributed by atoms with Gasteiger partial charge in [0.1, 0.15) is 23.4 Å². The number of amides is 1. The Kier molecular flexibility index (Phi) is 6.00. The minimum atomic E-state index is -1.89. The average molecular weight is 467 g/mol. The molecule has 2 heterocycles. The van der Waals surface area contributed by atoms with E-state index in [9.17, 15) is 23.3 Å². The number of aryl methyl sites for hydroxylation is 1. The lowest BCUT2D eigenvalue weighted by Crippen LogP contribution is -2.50. The number of nitrogens with zero attached hydrogens (tertiary/aromatic N) is 2. The van der Waals surface area contributed by atoms with Crippen LogP contribution >= 0.6 is 11.6 Å². The summed E-state index contributed by atoms with van der Waals surface area (Å²) in [5.41, 5.74) is 2.47. The summed E-state index contributed by atoms with van der Waals surface area (Å²) < 4.78 is 34.2. The van der Waals surface area contributed by atoms with Crippen LogP contribution in [0.4, 0.5) is 14.9 Å². The van der Waals surface area contributed by atoms with Crippen LogP contribution in [-0.2, 0) is 22.3 Å². The van der Waals surface area contributed by atoms with E-state index in [0.717, 1.165) is 28.9 Å². The lowest BCUT2D eigenvalue weighted by Gasteiger charge is -2.40. The Morgan fingerprint density at radius 1 is 1.29 bits per heavy atom. The standard InChI is InChI=1S/C21H20ClFN2O5S/c1-12-3-2-4-13-11-30-21(28)25(19(12)13)14-5-7-24(8-6-14)31(29)18-9-15(20(26)27)16(22)10-17(18)23/h2-4,9-10,14H,5-8,11H2,1H3,(H,26,27). The average Bonchev–Trinajstić information content (AvgIpc) is 2.74. The molecule has 1 saturated heterocycles. The zero-order valence-corrected chi connectivity index (χ0v) is 18.2. The van der Waals surface area contributed by atoms with Gasteiger partial charge in [-0.3, -0.25) is 4.90 Å². The summed E-state index contributed by atoms with van der Waals surface area (Å²) >= 11 is 5.78. The van der Waals surface area contributed by atoms with Crippen molar-refractivity contribution < 1.29 is 28.0 Å². The minimum absolute atomic E-state index is 0.148. The van der Waals surface area contributed by atoms with Crippen molar-refractivity contribution in [3.63, 3.8) is 0 Å². The summed E-state index contributed by atoms with van der Waals surface area (Å²) in [5.74, 6) is -2.14. The fourth-order valence-corrected chi connectivity index (χ4v) is 5.54. The maximum atomic E-state index is 14.4. The maximum absolute atomic E-state index is 14.4. The van der Waals surface area contributed by atoms with Crippen LogP contribution in [0.1, 0.15) is 34.3 Å². The van der Waals surface area contributed by atoms with Crippen LogP contribution in [0.25, 0.3) is 0 Å². The number of halogens is 2. The number of carbonyl (C=O) groups excluding carboxylic acids is 1. The van der Waals surface area contributed by atoms with E-state index in [-0.39, 0.29) is 28.1 Å². The second-order valence-corrected chi connectivity index (χ2v) is 9.35. The highest BCUT2D eigenvalue weighted by Gasteiger charge is 2.36. The van der Waals surface area contributed by atoms with E-state index in [0.29, 0.717) is 25.9 Å². The van der Waals surface area contributed by atoms with Crippen molar-refractivity contribution in [3.8, 4) is 0 Å². The van der Waals surface area contributed by atoms with E-state index in [1.54, 1.807) is 9.21 Å². The summed E-state index contributed by atoms with van der Waals surface area (Å²) in [4.78, 5) is 25.3. The third kappa shape index (κ3) is 4.05. The maximum Gasteiger partial charge on any atom is 0.414 e. The number of fused-ring (bicyclic) bond motifs is 1. The molecule has 2 aromatic carbocycles. The van der Waals surface area contributed by atoms with Crippen molar-refractivity contribution >= 4 is 40.3 Å². The van der Waals surface area contributed by atoms with Crippen molar-refractivity contribution in [2.24, 2.45) is 0 Å². The Balaban J connectivity index is 1.53. The minimum Gasteiger partial charge on any atom is -0.478 e. The highest BCUT2D eigenvalue weighted by molar-refractivity contribution is 7.82. The second kappa shape index (κ2) is 8.57. The van der Waals surface area contributed by atoms with Gasteiger partial charge >= 0.3 is 12.1 Å². The lowest BCUT2D eigenvalue weighted by atomic mass is 10.00. The van der Waals surface area contributed by atoms with Gasteiger partial charge in [0.05, 0.1) is 21.2 Å². The third-order valence-corrected chi connectivity index (χ3v) is 7.41. The van der Waals surface area contributed by atoms with Crippen molar-refractivity contribution in [2.75, 3.05) is 18.0 Å². The molecule has 1 unspecified atom stereocenters. The number of aromatic carboxylic acids is 1. The van der Waals surface area contributed by atoms with Crippen LogP contribution in [0, 0.1) is 12.7 Å². The number of para-hydroxylation sites is 1. The molecule has 0 aliphatic carbocycles. The van der Waals surface area contributed by atoms with E-state index in [1.807, 2.05) is 25.1 Å². The number of rotatable bonds is 4. The Morgan fingerprint density at radius 2 is 2.00 bits per heavy atom. The summed E-state index contributed by atoms with van der Waals surface area (Å²) in [6.45, 7) is 2.86. The monoisotopic (exact) mass is 466 g/mol. The van der Waals surface area contributed by atoms with Crippen LogP contribution in [0.15, 0.2) is 35.2 Å². The fourth-order valence-electron chi connectivity index (χ4n) is 4.04.